The number of benzene rings is 2. The number of nitrogens with zero attached hydrogens (tertiary/aromatic N) is 2. The minimum atomic E-state index is -0.987. The lowest BCUT2D eigenvalue weighted by Gasteiger charge is -2.34. The van der Waals surface area contributed by atoms with Crippen molar-refractivity contribution in [2.24, 2.45) is 5.92 Å². The van der Waals surface area contributed by atoms with Gasteiger partial charge >= 0.3 is 0 Å². The average molecular weight is 519 g/mol. The van der Waals surface area contributed by atoms with E-state index in [4.69, 9.17) is 4.74 Å². The quantitative estimate of drug-likeness (QED) is 0.509. The van der Waals surface area contributed by atoms with Crippen molar-refractivity contribution in [2.45, 2.75) is 38.3 Å². The molecule has 5 amide bonds. The molecule has 5 rings (SSSR count). The van der Waals surface area contributed by atoms with E-state index in [1.165, 1.54) is 0 Å². The fourth-order valence-electron chi connectivity index (χ4n) is 5.28. The Morgan fingerprint density at radius 2 is 1.71 bits per heavy atom. The van der Waals surface area contributed by atoms with Crippen molar-refractivity contribution in [1.29, 1.82) is 0 Å². The smallest absolute Gasteiger partial charge is 0.264 e. The van der Waals surface area contributed by atoms with Crippen molar-refractivity contribution in [3.8, 4) is 0 Å². The van der Waals surface area contributed by atoms with Crippen LogP contribution in [-0.4, -0.2) is 66.7 Å². The first-order valence-corrected chi connectivity index (χ1v) is 12.9. The molecule has 2 N–H and O–H groups in total. The predicted molar refractivity (Wildman–Crippen MR) is 137 cm³/mol. The monoisotopic (exact) mass is 518 g/mol. The molecule has 3 heterocycles. The number of carbonyl (C=O) groups is 5. The number of hydrogen-bond acceptors (Lipinski definition) is 7. The SMILES string of the molecule is O=C(COCc1ccccc1)NCC1CCN(c2cccc3c2C(=O)N(C2CCC(=O)NC2=O)C3=O)CC1. The van der Waals surface area contributed by atoms with E-state index in [9.17, 15) is 24.0 Å². The second-order valence-electron chi connectivity index (χ2n) is 9.86. The minimum absolute atomic E-state index is 0.00368. The zero-order chi connectivity index (χ0) is 26.6. The lowest BCUT2D eigenvalue weighted by Crippen LogP contribution is -2.54. The molecule has 198 valence electrons. The van der Waals surface area contributed by atoms with Crippen LogP contribution < -0.4 is 15.5 Å². The van der Waals surface area contributed by atoms with Crippen molar-refractivity contribution in [1.82, 2.24) is 15.5 Å². The van der Waals surface area contributed by atoms with Gasteiger partial charge in [-0.15, -0.1) is 0 Å². The Hall–Kier alpha value is -4.05. The summed E-state index contributed by atoms with van der Waals surface area (Å²) in [4.78, 5) is 65.6. The first-order valence-electron chi connectivity index (χ1n) is 12.9. The number of nitrogens with one attached hydrogen (secondary N) is 2. The van der Waals surface area contributed by atoms with Crippen LogP contribution in [-0.2, 0) is 25.7 Å². The van der Waals surface area contributed by atoms with Gasteiger partial charge in [-0.2, -0.15) is 0 Å². The maximum absolute atomic E-state index is 13.4. The molecule has 10 nitrogen and oxygen atoms in total. The molecule has 0 aromatic heterocycles. The summed E-state index contributed by atoms with van der Waals surface area (Å²) in [5.74, 6) is -1.89. The molecule has 0 radical (unpaired) electrons. The van der Waals surface area contributed by atoms with Gasteiger partial charge in [-0.3, -0.25) is 34.2 Å². The summed E-state index contributed by atoms with van der Waals surface area (Å²) in [6, 6.07) is 13.9. The fourth-order valence-corrected chi connectivity index (χ4v) is 5.28. The number of anilines is 1. The number of imide groups is 2. The molecule has 0 spiro atoms. The maximum atomic E-state index is 13.4. The van der Waals surface area contributed by atoms with Crippen LogP contribution in [0.5, 0.6) is 0 Å². The average Bonchev–Trinajstić information content (AvgIpc) is 3.18. The van der Waals surface area contributed by atoms with Crippen molar-refractivity contribution in [3.63, 3.8) is 0 Å². The first kappa shape index (κ1) is 25.6. The second-order valence-corrected chi connectivity index (χ2v) is 9.86. The van der Waals surface area contributed by atoms with E-state index in [1.807, 2.05) is 36.4 Å². The number of hydrogen-bond donors (Lipinski definition) is 2. The van der Waals surface area contributed by atoms with Gasteiger partial charge in [-0.1, -0.05) is 36.4 Å². The van der Waals surface area contributed by atoms with Crippen LogP contribution in [0.15, 0.2) is 48.5 Å². The molecule has 1 atom stereocenters. The van der Waals surface area contributed by atoms with Gasteiger partial charge in [0.25, 0.3) is 11.8 Å². The number of amides is 5. The zero-order valence-electron chi connectivity index (χ0n) is 21.0. The molecule has 0 aliphatic carbocycles. The van der Waals surface area contributed by atoms with Gasteiger partial charge in [-0.05, 0) is 42.9 Å². The van der Waals surface area contributed by atoms with Crippen LogP contribution in [0.25, 0.3) is 0 Å². The van der Waals surface area contributed by atoms with E-state index in [0.717, 1.165) is 23.3 Å². The molecule has 3 aliphatic rings. The van der Waals surface area contributed by atoms with Gasteiger partial charge in [-0.25, -0.2) is 0 Å². The van der Waals surface area contributed by atoms with Gasteiger partial charge < -0.3 is 15.0 Å². The molecule has 10 heteroatoms. The topological polar surface area (TPSA) is 125 Å². The summed E-state index contributed by atoms with van der Waals surface area (Å²) in [6.45, 7) is 2.28. The van der Waals surface area contributed by atoms with Crippen LogP contribution in [0.2, 0.25) is 0 Å². The van der Waals surface area contributed by atoms with E-state index in [1.54, 1.807) is 12.1 Å². The third-order valence-electron chi connectivity index (χ3n) is 7.33. The highest BCUT2D eigenvalue weighted by molar-refractivity contribution is 6.25. The molecule has 2 fully saturated rings. The number of piperidine rings is 2. The Morgan fingerprint density at radius 1 is 0.947 bits per heavy atom. The summed E-state index contributed by atoms with van der Waals surface area (Å²) in [6.07, 6.45) is 1.83. The Bertz CT molecular complexity index is 1260. The molecule has 2 saturated heterocycles. The zero-order valence-corrected chi connectivity index (χ0v) is 21.0. The third-order valence-corrected chi connectivity index (χ3v) is 7.33. The van der Waals surface area contributed by atoms with Crippen molar-refractivity contribution in [2.75, 3.05) is 31.1 Å². The first-order chi connectivity index (χ1) is 18.4. The summed E-state index contributed by atoms with van der Waals surface area (Å²) in [7, 11) is 0. The van der Waals surface area contributed by atoms with Crippen LogP contribution >= 0.6 is 0 Å². The lowest BCUT2D eigenvalue weighted by atomic mass is 9.95. The summed E-state index contributed by atoms with van der Waals surface area (Å²) >= 11 is 0. The number of ether oxygens (including phenoxy) is 1. The molecule has 2 aromatic carbocycles. The summed E-state index contributed by atoms with van der Waals surface area (Å²) < 4.78 is 5.50. The Labute approximate surface area is 220 Å². The fraction of sp³-hybridized carbons (Fsp3) is 0.393. The van der Waals surface area contributed by atoms with E-state index in [0.29, 0.717) is 43.4 Å². The molecule has 0 bridgehead atoms. The summed E-state index contributed by atoms with van der Waals surface area (Å²) in [5, 5.41) is 5.17. The van der Waals surface area contributed by atoms with Crippen LogP contribution in [0.4, 0.5) is 5.69 Å². The highest BCUT2D eigenvalue weighted by Crippen LogP contribution is 2.35. The van der Waals surface area contributed by atoms with Crippen LogP contribution in [0.1, 0.15) is 52.0 Å². The van der Waals surface area contributed by atoms with E-state index < -0.39 is 29.7 Å². The van der Waals surface area contributed by atoms with Gasteiger partial charge in [0.15, 0.2) is 0 Å². The van der Waals surface area contributed by atoms with Gasteiger partial charge in [0.05, 0.1) is 23.4 Å². The molecule has 38 heavy (non-hydrogen) atoms. The van der Waals surface area contributed by atoms with E-state index in [-0.39, 0.29) is 30.9 Å². The molecule has 2 aromatic rings. The maximum Gasteiger partial charge on any atom is 0.264 e. The van der Waals surface area contributed by atoms with Crippen molar-refractivity contribution >= 4 is 35.2 Å². The Morgan fingerprint density at radius 3 is 2.45 bits per heavy atom. The number of carbonyl (C=O) groups excluding carboxylic acids is 5. The van der Waals surface area contributed by atoms with E-state index in [2.05, 4.69) is 15.5 Å². The van der Waals surface area contributed by atoms with E-state index >= 15 is 0 Å². The van der Waals surface area contributed by atoms with Gasteiger partial charge in [0.2, 0.25) is 17.7 Å². The normalized spacial score (nSPS) is 19.9. The standard InChI is InChI=1S/C28H30N4O6/c33-23-10-9-22(26(35)30-23)32-27(36)20-7-4-8-21(25(20)28(32)37)31-13-11-18(12-14-31)15-29-24(34)17-38-16-19-5-2-1-3-6-19/h1-8,18,22H,9-17H2,(H,29,34)(H,30,33,35). The molecule has 0 saturated carbocycles. The van der Waals surface area contributed by atoms with Gasteiger partial charge in [0, 0.05) is 26.1 Å². The minimum Gasteiger partial charge on any atom is -0.371 e. The molecule has 3 aliphatic heterocycles. The Balaban J connectivity index is 1.14. The van der Waals surface area contributed by atoms with Gasteiger partial charge in [0.1, 0.15) is 12.6 Å². The highest BCUT2D eigenvalue weighted by Gasteiger charge is 2.46. The van der Waals surface area contributed by atoms with Crippen molar-refractivity contribution < 1.29 is 28.7 Å². The second kappa shape index (κ2) is 11.1. The Kier molecular flexibility index (Phi) is 7.50. The number of rotatable bonds is 8. The third kappa shape index (κ3) is 5.31. The lowest BCUT2D eigenvalue weighted by molar-refractivity contribution is -0.136. The predicted octanol–water partition coefficient (Wildman–Crippen LogP) is 1.64. The van der Waals surface area contributed by atoms with Crippen molar-refractivity contribution in [3.05, 3.63) is 65.2 Å². The molecule has 1 unspecified atom stereocenters. The molecular weight excluding hydrogens is 488 g/mol. The van der Waals surface area contributed by atoms with Crippen LogP contribution in [0, 0.1) is 5.92 Å². The largest absolute Gasteiger partial charge is 0.371 e. The highest BCUT2D eigenvalue weighted by atomic mass is 16.5. The summed E-state index contributed by atoms with van der Waals surface area (Å²) in [5.41, 5.74) is 2.28. The number of fused-ring (bicyclic) bond motifs is 1. The van der Waals surface area contributed by atoms with Crippen LogP contribution in [0.3, 0.4) is 0 Å². The molecular formula is C28H30N4O6.